The molecule has 1 N–H and O–H groups in total. The van der Waals surface area contributed by atoms with E-state index in [1.807, 2.05) is 0 Å². The van der Waals surface area contributed by atoms with E-state index >= 15 is 0 Å². The van der Waals surface area contributed by atoms with Crippen molar-refractivity contribution in [3.63, 3.8) is 0 Å². The van der Waals surface area contributed by atoms with Gasteiger partial charge < -0.3 is 5.32 Å². The predicted molar refractivity (Wildman–Crippen MR) is 82.8 cm³/mol. The minimum Gasteiger partial charge on any atom is -0.306 e. The summed E-state index contributed by atoms with van der Waals surface area (Å²) in [6.07, 6.45) is 4.45. The molecule has 1 aromatic heterocycles. The second-order valence-corrected chi connectivity index (χ2v) is 6.67. The zero-order chi connectivity index (χ0) is 14.8. The van der Waals surface area contributed by atoms with Gasteiger partial charge in [0, 0.05) is 21.4 Å². The molecular weight excluding hydrogens is 288 g/mol. The van der Waals surface area contributed by atoms with Crippen LogP contribution in [0.25, 0.3) is 0 Å². The lowest BCUT2D eigenvalue weighted by atomic mass is 10.0. The van der Waals surface area contributed by atoms with Gasteiger partial charge in [-0.15, -0.1) is 11.3 Å². The third-order valence-corrected chi connectivity index (χ3v) is 5.22. The second-order valence-electron chi connectivity index (χ2n) is 5.50. The third kappa shape index (κ3) is 3.01. The summed E-state index contributed by atoms with van der Waals surface area (Å²) in [5.41, 5.74) is 1.94. The van der Waals surface area contributed by atoms with Gasteiger partial charge in [0.1, 0.15) is 11.6 Å². The number of benzene rings is 1. The summed E-state index contributed by atoms with van der Waals surface area (Å²) in [5, 5.41) is 3.40. The van der Waals surface area contributed by atoms with Crippen LogP contribution in [0.2, 0.25) is 0 Å². The van der Waals surface area contributed by atoms with Gasteiger partial charge in [-0.3, -0.25) is 0 Å². The zero-order valence-corrected chi connectivity index (χ0v) is 12.9. The van der Waals surface area contributed by atoms with Crippen molar-refractivity contribution in [2.24, 2.45) is 0 Å². The van der Waals surface area contributed by atoms with Crippen LogP contribution in [0.15, 0.2) is 24.3 Å². The van der Waals surface area contributed by atoms with Gasteiger partial charge in [-0.05, 0) is 49.9 Å². The molecule has 0 fully saturated rings. The van der Waals surface area contributed by atoms with E-state index in [-0.39, 0.29) is 6.04 Å². The number of rotatable bonds is 5. The Morgan fingerprint density at radius 3 is 2.81 bits per heavy atom. The Morgan fingerprint density at radius 1 is 1.24 bits per heavy atom. The Hall–Kier alpha value is -1.26. The van der Waals surface area contributed by atoms with E-state index < -0.39 is 11.6 Å². The fourth-order valence-corrected chi connectivity index (χ4v) is 4.23. The molecular formula is C17H19F2NS. The van der Waals surface area contributed by atoms with Gasteiger partial charge in [0.15, 0.2) is 0 Å². The zero-order valence-electron chi connectivity index (χ0n) is 12.1. The van der Waals surface area contributed by atoms with Crippen LogP contribution in [0.4, 0.5) is 8.78 Å². The maximum atomic E-state index is 14.1. The number of nitrogens with one attached hydrogen (secondary N) is 1. The standard InChI is InChI=1S/C17H19F2NS/c1-2-8-20-17(13-7-6-12(18)10-14(13)19)16-9-11-4-3-5-15(11)21-16/h6-7,9-10,17,20H,2-5,8H2,1H3. The molecule has 21 heavy (non-hydrogen) atoms. The van der Waals surface area contributed by atoms with Crippen molar-refractivity contribution in [2.45, 2.75) is 38.6 Å². The molecule has 3 rings (SSSR count). The third-order valence-electron chi connectivity index (χ3n) is 3.92. The molecule has 1 aliphatic carbocycles. The van der Waals surface area contributed by atoms with Crippen molar-refractivity contribution >= 4 is 11.3 Å². The van der Waals surface area contributed by atoms with Crippen molar-refractivity contribution in [2.75, 3.05) is 6.54 Å². The molecule has 0 spiro atoms. The van der Waals surface area contributed by atoms with E-state index in [9.17, 15) is 8.78 Å². The molecule has 1 aliphatic rings. The quantitative estimate of drug-likeness (QED) is 0.851. The Bertz CT molecular complexity index is 614. The molecule has 1 unspecified atom stereocenters. The molecule has 0 saturated carbocycles. The van der Waals surface area contributed by atoms with Crippen molar-refractivity contribution in [3.8, 4) is 0 Å². The van der Waals surface area contributed by atoms with Crippen LogP contribution in [0.3, 0.4) is 0 Å². The van der Waals surface area contributed by atoms with E-state index in [1.54, 1.807) is 17.4 Å². The van der Waals surface area contributed by atoms with Crippen molar-refractivity contribution in [1.82, 2.24) is 5.32 Å². The van der Waals surface area contributed by atoms with Gasteiger partial charge in [0.2, 0.25) is 0 Å². The fourth-order valence-electron chi connectivity index (χ4n) is 2.88. The second kappa shape index (κ2) is 6.24. The Balaban J connectivity index is 1.96. The normalized spacial score (nSPS) is 15.2. The van der Waals surface area contributed by atoms with Gasteiger partial charge in [-0.25, -0.2) is 8.78 Å². The van der Waals surface area contributed by atoms with Crippen LogP contribution in [-0.4, -0.2) is 6.54 Å². The minimum absolute atomic E-state index is 0.179. The van der Waals surface area contributed by atoms with Gasteiger partial charge in [-0.2, -0.15) is 0 Å². The molecule has 1 atom stereocenters. The monoisotopic (exact) mass is 307 g/mol. The van der Waals surface area contributed by atoms with E-state index in [4.69, 9.17) is 0 Å². The number of aryl methyl sites for hydroxylation is 2. The fraction of sp³-hybridized carbons (Fsp3) is 0.412. The minimum atomic E-state index is -0.529. The summed E-state index contributed by atoms with van der Waals surface area (Å²) in [5.74, 6) is -1.00. The van der Waals surface area contributed by atoms with E-state index in [0.717, 1.165) is 36.8 Å². The Labute approximate surface area is 128 Å². The first-order chi connectivity index (χ1) is 10.2. The van der Waals surface area contributed by atoms with Crippen molar-refractivity contribution < 1.29 is 8.78 Å². The highest BCUT2D eigenvalue weighted by Crippen LogP contribution is 2.36. The van der Waals surface area contributed by atoms with Crippen LogP contribution in [0, 0.1) is 11.6 Å². The van der Waals surface area contributed by atoms with E-state index in [1.165, 1.54) is 22.9 Å². The molecule has 1 aromatic carbocycles. The van der Waals surface area contributed by atoms with Crippen molar-refractivity contribution in [3.05, 3.63) is 56.8 Å². The highest BCUT2D eigenvalue weighted by Gasteiger charge is 2.23. The molecule has 1 nitrogen and oxygen atoms in total. The Morgan fingerprint density at radius 2 is 2.10 bits per heavy atom. The highest BCUT2D eigenvalue weighted by atomic mass is 32.1. The summed E-state index contributed by atoms with van der Waals surface area (Å²) < 4.78 is 27.3. The molecule has 0 radical (unpaired) electrons. The smallest absolute Gasteiger partial charge is 0.131 e. The predicted octanol–water partition coefficient (Wildman–Crippen LogP) is 4.60. The molecule has 2 aromatic rings. The average molecular weight is 307 g/mol. The first-order valence-corrected chi connectivity index (χ1v) is 8.30. The SMILES string of the molecule is CCCNC(c1cc2c(s1)CCC2)c1ccc(F)cc1F. The van der Waals surface area contributed by atoms with Gasteiger partial charge in [-0.1, -0.05) is 13.0 Å². The maximum absolute atomic E-state index is 14.1. The van der Waals surface area contributed by atoms with Crippen LogP contribution >= 0.6 is 11.3 Å². The lowest BCUT2D eigenvalue weighted by Gasteiger charge is -2.18. The summed E-state index contributed by atoms with van der Waals surface area (Å²) in [7, 11) is 0. The van der Waals surface area contributed by atoms with Gasteiger partial charge >= 0.3 is 0 Å². The lowest BCUT2D eigenvalue weighted by Crippen LogP contribution is -2.23. The van der Waals surface area contributed by atoms with E-state index in [0.29, 0.717) is 5.56 Å². The van der Waals surface area contributed by atoms with Crippen LogP contribution in [0.5, 0.6) is 0 Å². The van der Waals surface area contributed by atoms with Gasteiger partial charge in [0.05, 0.1) is 6.04 Å². The summed E-state index contributed by atoms with van der Waals surface area (Å²) in [4.78, 5) is 2.56. The van der Waals surface area contributed by atoms with Gasteiger partial charge in [0.25, 0.3) is 0 Å². The van der Waals surface area contributed by atoms with Crippen LogP contribution in [-0.2, 0) is 12.8 Å². The average Bonchev–Trinajstić information content (AvgIpc) is 3.02. The molecule has 0 bridgehead atoms. The summed E-state index contributed by atoms with van der Waals surface area (Å²) in [6.45, 7) is 2.89. The largest absolute Gasteiger partial charge is 0.306 e. The number of halogens is 2. The molecule has 0 aliphatic heterocycles. The van der Waals surface area contributed by atoms with Crippen LogP contribution in [0.1, 0.15) is 46.7 Å². The van der Waals surface area contributed by atoms with E-state index in [2.05, 4.69) is 18.3 Å². The maximum Gasteiger partial charge on any atom is 0.131 e. The molecule has 4 heteroatoms. The van der Waals surface area contributed by atoms with Crippen LogP contribution < -0.4 is 5.32 Å². The lowest BCUT2D eigenvalue weighted by molar-refractivity contribution is 0.536. The molecule has 112 valence electrons. The highest BCUT2D eigenvalue weighted by molar-refractivity contribution is 7.12. The molecule has 0 saturated heterocycles. The Kier molecular flexibility index (Phi) is 4.36. The summed E-state index contributed by atoms with van der Waals surface area (Å²) >= 11 is 1.77. The summed E-state index contributed by atoms with van der Waals surface area (Å²) in [6, 6.07) is 5.88. The first kappa shape index (κ1) is 14.7. The number of thiophene rings is 1. The number of hydrogen-bond acceptors (Lipinski definition) is 2. The van der Waals surface area contributed by atoms with Crippen molar-refractivity contribution in [1.29, 1.82) is 0 Å². The molecule has 1 heterocycles. The first-order valence-electron chi connectivity index (χ1n) is 7.49. The number of hydrogen-bond donors (Lipinski definition) is 1. The topological polar surface area (TPSA) is 12.0 Å². The molecule has 0 amide bonds. The number of fused-ring (bicyclic) bond motifs is 1.